The van der Waals surface area contributed by atoms with Crippen molar-refractivity contribution in [1.82, 2.24) is 4.90 Å². The van der Waals surface area contributed by atoms with E-state index in [2.05, 4.69) is 22.4 Å². The molecular formula is C22H25N3O3. The molecule has 0 spiro atoms. The van der Waals surface area contributed by atoms with Crippen molar-refractivity contribution in [1.29, 1.82) is 0 Å². The van der Waals surface area contributed by atoms with Crippen LogP contribution in [0.3, 0.4) is 0 Å². The Kier molecular flexibility index (Phi) is 4.22. The summed E-state index contributed by atoms with van der Waals surface area (Å²) in [6, 6.07) is 7.80. The van der Waals surface area contributed by atoms with Gasteiger partial charge in [-0.25, -0.2) is 0 Å². The summed E-state index contributed by atoms with van der Waals surface area (Å²) in [4.78, 5) is 41.3. The zero-order chi connectivity index (χ0) is 19.3. The van der Waals surface area contributed by atoms with Gasteiger partial charge in [0.1, 0.15) is 6.54 Å². The van der Waals surface area contributed by atoms with Gasteiger partial charge in [-0.2, -0.15) is 0 Å². The van der Waals surface area contributed by atoms with Crippen LogP contribution in [-0.2, 0) is 14.4 Å². The lowest BCUT2D eigenvalue weighted by molar-refractivity contribution is -0.143. The summed E-state index contributed by atoms with van der Waals surface area (Å²) in [5.74, 6) is -0.848. The summed E-state index contributed by atoms with van der Waals surface area (Å²) >= 11 is 0. The molecule has 146 valence electrons. The lowest BCUT2D eigenvalue weighted by atomic mass is 9.85. The minimum absolute atomic E-state index is 0.168. The van der Waals surface area contributed by atoms with E-state index < -0.39 is 0 Å². The highest BCUT2D eigenvalue weighted by Gasteiger charge is 2.59. The summed E-state index contributed by atoms with van der Waals surface area (Å²) in [6.45, 7) is 1.95. The number of hydrogen-bond donors (Lipinski definition) is 1. The molecule has 1 saturated carbocycles. The first-order valence-electron chi connectivity index (χ1n) is 10.3. The summed E-state index contributed by atoms with van der Waals surface area (Å²) in [7, 11) is 0. The predicted molar refractivity (Wildman–Crippen MR) is 106 cm³/mol. The van der Waals surface area contributed by atoms with Gasteiger partial charge >= 0.3 is 0 Å². The largest absolute Gasteiger partial charge is 0.372 e. The van der Waals surface area contributed by atoms with Gasteiger partial charge in [-0.3, -0.25) is 19.3 Å². The van der Waals surface area contributed by atoms with Crippen molar-refractivity contribution in [3.8, 4) is 0 Å². The number of likely N-dealkylation sites (tertiary alicyclic amines) is 1. The number of nitrogens with zero attached hydrogens (tertiary/aromatic N) is 2. The number of piperidine rings is 1. The van der Waals surface area contributed by atoms with Crippen LogP contribution in [0.1, 0.15) is 25.7 Å². The molecule has 2 bridgehead atoms. The highest BCUT2D eigenvalue weighted by atomic mass is 16.2. The van der Waals surface area contributed by atoms with Crippen molar-refractivity contribution < 1.29 is 14.4 Å². The number of carbonyl (C=O) groups is 3. The topological polar surface area (TPSA) is 69.7 Å². The molecule has 5 rings (SSSR count). The molecule has 28 heavy (non-hydrogen) atoms. The van der Waals surface area contributed by atoms with Crippen molar-refractivity contribution in [3.63, 3.8) is 0 Å². The van der Waals surface area contributed by atoms with E-state index in [-0.39, 0.29) is 47.9 Å². The number of carbonyl (C=O) groups excluding carboxylic acids is 3. The highest BCUT2D eigenvalue weighted by molar-refractivity contribution is 6.09. The number of allylic oxidation sites excluding steroid dienone is 2. The molecular weight excluding hydrogens is 354 g/mol. The minimum Gasteiger partial charge on any atom is -0.372 e. The van der Waals surface area contributed by atoms with E-state index in [0.717, 1.165) is 19.5 Å². The van der Waals surface area contributed by atoms with Crippen molar-refractivity contribution in [2.75, 3.05) is 29.9 Å². The van der Waals surface area contributed by atoms with E-state index in [1.165, 1.54) is 29.8 Å². The Labute approximate surface area is 164 Å². The second kappa shape index (κ2) is 6.76. The zero-order valence-electron chi connectivity index (χ0n) is 15.8. The molecule has 4 unspecified atom stereocenters. The number of rotatable bonds is 4. The fraction of sp³-hybridized carbons (Fsp3) is 0.500. The van der Waals surface area contributed by atoms with Gasteiger partial charge in [0.2, 0.25) is 17.7 Å². The standard InChI is InChI=1S/C22H25N3O3/c26-18(23-16-6-8-17(9-7-16)24-10-2-1-3-11-24)13-25-21(27)19-14-4-5-15(12-14)20(19)22(25)28/h4-9,14-15,19-20H,1-3,10-13H2,(H,23,26). The first-order valence-corrected chi connectivity index (χ1v) is 10.3. The smallest absolute Gasteiger partial charge is 0.244 e. The molecule has 2 aliphatic carbocycles. The Morgan fingerprint density at radius 2 is 1.54 bits per heavy atom. The third-order valence-corrected chi connectivity index (χ3v) is 6.74. The van der Waals surface area contributed by atoms with Crippen LogP contribution in [-0.4, -0.2) is 42.3 Å². The molecule has 3 amide bonds. The van der Waals surface area contributed by atoms with Gasteiger partial charge in [0.05, 0.1) is 11.8 Å². The number of amides is 3. The molecule has 4 aliphatic rings. The van der Waals surface area contributed by atoms with Crippen LogP contribution in [0.2, 0.25) is 0 Å². The summed E-state index contributed by atoms with van der Waals surface area (Å²) in [5, 5.41) is 2.82. The first-order chi connectivity index (χ1) is 13.6. The minimum atomic E-state index is -0.326. The molecule has 6 nitrogen and oxygen atoms in total. The summed E-state index contributed by atoms with van der Waals surface area (Å²) in [5.41, 5.74) is 1.85. The summed E-state index contributed by atoms with van der Waals surface area (Å²) in [6.07, 6.45) is 8.74. The normalized spacial score (nSPS) is 30.9. The van der Waals surface area contributed by atoms with Crippen LogP contribution >= 0.6 is 0 Å². The third-order valence-electron chi connectivity index (χ3n) is 6.74. The average Bonchev–Trinajstić information content (AvgIpc) is 3.39. The third kappa shape index (κ3) is 2.82. The maximum atomic E-state index is 12.7. The average molecular weight is 379 g/mol. The predicted octanol–water partition coefficient (Wildman–Crippen LogP) is 2.42. The van der Waals surface area contributed by atoms with Crippen LogP contribution in [0.4, 0.5) is 11.4 Å². The molecule has 2 heterocycles. The molecule has 1 aromatic rings. The number of fused-ring (bicyclic) bond motifs is 5. The fourth-order valence-electron chi connectivity index (χ4n) is 5.37. The van der Waals surface area contributed by atoms with Crippen molar-refractivity contribution >= 4 is 29.1 Å². The van der Waals surface area contributed by atoms with Crippen LogP contribution in [0.5, 0.6) is 0 Å². The second-order valence-corrected chi connectivity index (χ2v) is 8.41. The van der Waals surface area contributed by atoms with Gasteiger partial charge in [0.25, 0.3) is 0 Å². The highest BCUT2D eigenvalue weighted by Crippen LogP contribution is 2.52. The van der Waals surface area contributed by atoms with Crippen LogP contribution < -0.4 is 10.2 Å². The van der Waals surface area contributed by atoms with Crippen molar-refractivity contribution in [2.45, 2.75) is 25.7 Å². The molecule has 0 aromatic heterocycles. The summed E-state index contributed by atoms with van der Waals surface area (Å²) < 4.78 is 0. The Balaban J connectivity index is 1.21. The van der Waals surface area contributed by atoms with Gasteiger partial charge in [-0.15, -0.1) is 0 Å². The number of imide groups is 1. The number of anilines is 2. The maximum absolute atomic E-state index is 12.7. The van der Waals surface area contributed by atoms with Crippen LogP contribution in [0.15, 0.2) is 36.4 Å². The Morgan fingerprint density at radius 3 is 2.14 bits per heavy atom. The van der Waals surface area contributed by atoms with E-state index in [9.17, 15) is 14.4 Å². The van der Waals surface area contributed by atoms with Gasteiger partial charge in [-0.1, -0.05) is 12.2 Å². The van der Waals surface area contributed by atoms with Crippen LogP contribution in [0, 0.1) is 23.7 Å². The number of hydrogen-bond acceptors (Lipinski definition) is 4. The maximum Gasteiger partial charge on any atom is 0.244 e. The molecule has 6 heteroatoms. The van der Waals surface area contributed by atoms with E-state index in [1.807, 2.05) is 24.3 Å². The molecule has 0 radical (unpaired) electrons. The number of nitrogens with one attached hydrogen (secondary N) is 1. The van der Waals surface area contributed by atoms with Crippen LogP contribution in [0.25, 0.3) is 0 Å². The quantitative estimate of drug-likeness (QED) is 0.644. The van der Waals surface area contributed by atoms with E-state index in [0.29, 0.717) is 5.69 Å². The molecule has 2 saturated heterocycles. The van der Waals surface area contributed by atoms with E-state index in [4.69, 9.17) is 0 Å². The Bertz CT molecular complexity index is 811. The zero-order valence-corrected chi connectivity index (χ0v) is 15.8. The molecule has 2 aliphatic heterocycles. The van der Waals surface area contributed by atoms with Crippen molar-refractivity contribution in [2.24, 2.45) is 23.7 Å². The molecule has 4 atom stereocenters. The second-order valence-electron chi connectivity index (χ2n) is 8.41. The lowest BCUT2D eigenvalue weighted by Crippen LogP contribution is -2.39. The molecule has 1 N–H and O–H groups in total. The number of benzene rings is 1. The SMILES string of the molecule is O=C(CN1C(=O)C2C3C=CC(C3)C2C1=O)Nc1ccc(N2CCCCC2)cc1. The van der Waals surface area contributed by atoms with E-state index in [1.54, 1.807) is 0 Å². The van der Waals surface area contributed by atoms with E-state index >= 15 is 0 Å². The van der Waals surface area contributed by atoms with Gasteiger partial charge in [0, 0.05) is 24.5 Å². The lowest BCUT2D eigenvalue weighted by Gasteiger charge is -2.28. The monoisotopic (exact) mass is 379 g/mol. The Hall–Kier alpha value is -2.63. The van der Waals surface area contributed by atoms with Gasteiger partial charge < -0.3 is 10.2 Å². The Morgan fingerprint density at radius 1 is 0.929 bits per heavy atom. The van der Waals surface area contributed by atoms with Gasteiger partial charge in [-0.05, 0) is 61.8 Å². The fourth-order valence-corrected chi connectivity index (χ4v) is 5.37. The first kappa shape index (κ1) is 17.5. The van der Waals surface area contributed by atoms with Crippen molar-refractivity contribution in [3.05, 3.63) is 36.4 Å². The molecule has 1 aromatic carbocycles. The van der Waals surface area contributed by atoms with Gasteiger partial charge in [0.15, 0.2) is 0 Å². The molecule has 3 fully saturated rings.